The lowest BCUT2D eigenvalue weighted by atomic mass is 10.2. The predicted molar refractivity (Wildman–Crippen MR) is 58.4 cm³/mol. The maximum Gasteiger partial charge on any atom is 0.237 e. The Morgan fingerprint density at radius 2 is 2.00 bits per heavy atom. The quantitative estimate of drug-likeness (QED) is 0.643. The number of sulfonamides is 1. The monoisotopic (exact) mass is 214 g/mol. The molecular formula is C9H14N2O2S. The van der Waals surface area contributed by atoms with E-state index < -0.39 is 10.0 Å². The zero-order chi connectivity index (χ0) is 10.8. The van der Waals surface area contributed by atoms with E-state index in [1.54, 1.807) is 18.2 Å². The summed E-state index contributed by atoms with van der Waals surface area (Å²) in [5.41, 5.74) is 7.33. The van der Waals surface area contributed by atoms with Gasteiger partial charge in [0.15, 0.2) is 0 Å². The maximum atomic E-state index is 11.1. The van der Waals surface area contributed by atoms with Crippen LogP contribution in [0.15, 0.2) is 18.2 Å². The highest BCUT2D eigenvalue weighted by molar-refractivity contribution is 7.92. The summed E-state index contributed by atoms with van der Waals surface area (Å²) < 4.78 is 24.5. The van der Waals surface area contributed by atoms with E-state index in [4.69, 9.17) is 5.73 Å². The Hall–Kier alpha value is -1.23. The van der Waals surface area contributed by atoms with Gasteiger partial charge in [-0.15, -0.1) is 0 Å². The second kappa shape index (κ2) is 3.88. The molecule has 1 aliphatic rings. The second-order valence-corrected chi connectivity index (χ2v) is 4.46. The van der Waals surface area contributed by atoms with Crippen LogP contribution in [0.2, 0.25) is 0 Å². The second-order valence-electron chi connectivity index (χ2n) is 2.74. The van der Waals surface area contributed by atoms with Gasteiger partial charge in [0.25, 0.3) is 0 Å². The highest BCUT2D eigenvalue weighted by Crippen LogP contribution is 2.31. The molecule has 14 heavy (non-hydrogen) atoms. The van der Waals surface area contributed by atoms with E-state index in [1.807, 2.05) is 13.8 Å². The summed E-state index contributed by atoms with van der Waals surface area (Å²) in [6.07, 6.45) is 0. The minimum absolute atomic E-state index is 0.0351. The Balaban J connectivity index is 0.000000461. The molecule has 0 aliphatic carbocycles. The van der Waals surface area contributed by atoms with Gasteiger partial charge in [-0.05, 0) is 11.6 Å². The van der Waals surface area contributed by atoms with Gasteiger partial charge in [-0.3, -0.25) is 4.72 Å². The van der Waals surface area contributed by atoms with Crippen molar-refractivity contribution >= 4 is 21.4 Å². The molecule has 2 rings (SSSR count). The molecule has 3 N–H and O–H groups in total. The van der Waals surface area contributed by atoms with E-state index in [2.05, 4.69) is 4.72 Å². The lowest BCUT2D eigenvalue weighted by Crippen LogP contribution is -2.06. The number of para-hydroxylation sites is 1. The van der Waals surface area contributed by atoms with Gasteiger partial charge in [-0.1, -0.05) is 26.0 Å². The number of nitrogens with one attached hydrogen (secondary N) is 1. The van der Waals surface area contributed by atoms with Crippen molar-refractivity contribution in [2.45, 2.75) is 19.6 Å². The summed E-state index contributed by atoms with van der Waals surface area (Å²) >= 11 is 0. The molecule has 0 aromatic heterocycles. The molecule has 0 atom stereocenters. The van der Waals surface area contributed by atoms with Crippen molar-refractivity contribution in [3.05, 3.63) is 23.8 Å². The molecule has 0 radical (unpaired) electrons. The van der Waals surface area contributed by atoms with Crippen molar-refractivity contribution in [1.82, 2.24) is 0 Å². The molecule has 1 aromatic rings. The fourth-order valence-corrected chi connectivity index (χ4v) is 2.54. The topological polar surface area (TPSA) is 72.2 Å². The molecule has 0 saturated heterocycles. The molecule has 1 aliphatic heterocycles. The summed E-state index contributed by atoms with van der Waals surface area (Å²) in [5.74, 6) is 0.0351. The van der Waals surface area contributed by atoms with Crippen LogP contribution >= 0.6 is 0 Å². The normalized spacial score (nSPS) is 16.1. The lowest BCUT2D eigenvalue weighted by Gasteiger charge is -2.00. The third-order valence-corrected chi connectivity index (χ3v) is 2.99. The molecule has 5 heteroatoms. The van der Waals surface area contributed by atoms with Gasteiger partial charge in [0, 0.05) is 0 Å². The zero-order valence-corrected chi connectivity index (χ0v) is 9.06. The molecule has 0 spiro atoms. The smallest absolute Gasteiger partial charge is 0.237 e. The van der Waals surface area contributed by atoms with Crippen molar-refractivity contribution in [3.8, 4) is 0 Å². The Bertz CT molecular complexity index is 426. The number of rotatable bonds is 0. The zero-order valence-electron chi connectivity index (χ0n) is 8.24. The van der Waals surface area contributed by atoms with Crippen LogP contribution in [-0.4, -0.2) is 8.42 Å². The van der Waals surface area contributed by atoms with Crippen molar-refractivity contribution < 1.29 is 8.42 Å². The van der Waals surface area contributed by atoms with Gasteiger partial charge in [-0.25, -0.2) is 8.42 Å². The molecule has 78 valence electrons. The number of nitrogens with two attached hydrogens (primary N) is 1. The largest absolute Gasteiger partial charge is 0.397 e. The summed E-state index contributed by atoms with van der Waals surface area (Å²) in [7, 11) is -3.16. The van der Waals surface area contributed by atoms with Crippen molar-refractivity contribution in [2.24, 2.45) is 0 Å². The first-order valence-corrected chi connectivity index (χ1v) is 6.11. The number of benzene rings is 1. The number of hydrogen-bond acceptors (Lipinski definition) is 3. The van der Waals surface area contributed by atoms with Crippen LogP contribution in [0.4, 0.5) is 11.4 Å². The molecule has 0 fully saturated rings. The average molecular weight is 214 g/mol. The van der Waals surface area contributed by atoms with Crippen LogP contribution in [0.3, 0.4) is 0 Å². The van der Waals surface area contributed by atoms with Crippen LogP contribution in [-0.2, 0) is 15.8 Å². The Morgan fingerprint density at radius 1 is 1.36 bits per heavy atom. The highest BCUT2D eigenvalue weighted by Gasteiger charge is 2.24. The van der Waals surface area contributed by atoms with E-state index in [1.165, 1.54) is 0 Å². The number of fused-ring (bicyclic) bond motifs is 1. The highest BCUT2D eigenvalue weighted by atomic mass is 32.2. The third-order valence-electron chi connectivity index (χ3n) is 1.79. The standard InChI is InChI=1S/C7H8N2O2S.C2H6/c8-6-3-1-2-5-4-12(10,11)9-7(5)6;1-2/h1-3,9H,4,8H2;1-2H3. The van der Waals surface area contributed by atoms with Gasteiger partial charge >= 0.3 is 0 Å². The molecule has 4 nitrogen and oxygen atoms in total. The average Bonchev–Trinajstić information content (AvgIpc) is 2.45. The molecular weight excluding hydrogens is 200 g/mol. The summed E-state index contributed by atoms with van der Waals surface area (Å²) in [4.78, 5) is 0. The first-order chi connectivity index (χ1) is 6.58. The van der Waals surface area contributed by atoms with E-state index >= 15 is 0 Å². The predicted octanol–water partition coefficient (Wildman–Crippen LogP) is 1.55. The van der Waals surface area contributed by atoms with Crippen molar-refractivity contribution in [2.75, 3.05) is 10.5 Å². The SMILES string of the molecule is CC.Nc1cccc2c1NS(=O)(=O)C2. The van der Waals surface area contributed by atoms with Gasteiger partial charge < -0.3 is 5.73 Å². The Morgan fingerprint density at radius 3 is 2.57 bits per heavy atom. The van der Waals surface area contributed by atoms with Crippen LogP contribution in [0, 0.1) is 0 Å². The lowest BCUT2D eigenvalue weighted by molar-refractivity contribution is 0.602. The van der Waals surface area contributed by atoms with E-state index in [9.17, 15) is 8.42 Å². The minimum Gasteiger partial charge on any atom is -0.397 e. The molecule has 0 unspecified atom stereocenters. The fourth-order valence-electron chi connectivity index (χ4n) is 1.26. The van der Waals surface area contributed by atoms with Crippen LogP contribution in [0.25, 0.3) is 0 Å². The molecule has 1 heterocycles. The van der Waals surface area contributed by atoms with Gasteiger partial charge in [0.05, 0.1) is 17.1 Å². The number of anilines is 2. The van der Waals surface area contributed by atoms with Crippen LogP contribution in [0.5, 0.6) is 0 Å². The summed E-state index contributed by atoms with van der Waals surface area (Å²) in [5, 5.41) is 0. The Labute approximate surface area is 84.2 Å². The number of nitrogen functional groups attached to an aromatic ring is 1. The van der Waals surface area contributed by atoms with E-state index in [0.717, 1.165) is 5.56 Å². The summed E-state index contributed by atoms with van der Waals surface area (Å²) in [6, 6.07) is 5.17. The first-order valence-electron chi connectivity index (χ1n) is 4.46. The maximum absolute atomic E-state index is 11.1. The molecule has 0 bridgehead atoms. The van der Waals surface area contributed by atoms with Gasteiger partial charge in [-0.2, -0.15) is 0 Å². The minimum atomic E-state index is -3.16. The molecule has 0 saturated carbocycles. The third kappa shape index (κ3) is 1.98. The van der Waals surface area contributed by atoms with Crippen LogP contribution < -0.4 is 10.5 Å². The van der Waals surface area contributed by atoms with Gasteiger partial charge in [0.2, 0.25) is 10.0 Å². The van der Waals surface area contributed by atoms with E-state index in [0.29, 0.717) is 11.4 Å². The van der Waals surface area contributed by atoms with Crippen molar-refractivity contribution in [3.63, 3.8) is 0 Å². The van der Waals surface area contributed by atoms with E-state index in [-0.39, 0.29) is 5.75 Å². The van der Waals surface area contributed by atoms with Gasteiger partial charge in [0.1, 0.15) is 0 Å². The van der Waals surface area contributed by atoms with Crippen LogP contribution in [0.1, 0.15) is 19.4 Å². The first kappa shape index (κ1) is 10.8. The summed E-state index contributed by atoms with van der Waals surface area (Å²) in [6.45, 7) is 4.00. The fraction of sp³-hybridized carbons (Fsp3) is 0.333. The Kier molecular flexibility index (Phi) is 3.00. The molecule has 0 amide bonds. The molecule has 1 aromatic carbocycles. The van der Waals surface area contributed by atoms with Crippen molar-refractivity contribution in [1.29, 1.82) is 0 Å². The number of hydrogen-bond donors (Lipinski definition) is 2.